The van der Waals surface area contributed by atoms with Crippen LogP contribution < -0.4 is 11.1 Å². The summed E-state index contributed by atoms with van der Waals surface area (Å²) >= 11 is 0. The number of rotatable bonds is 10. The van der Waals surface area contributed by atoms with Crippen molar-refractivity contribution in [1.29, 1.82) is 0 Å². The van der Waals surface area contributed by atoms with Gasteiger partial charge in [-0.15, -0.1) is 0 Å². The zero-order valence-corrected chi connectivity index (χ0v) is 12.7. The van der Waals surface area contributed by atoms with E-state index < -0.39 is 0 Å². The van der Waals surface area contributed by atoms with Crippen LogP contribution in [0.2, 0.25) is 0 Å². The predicted octanol–water partition coefficient (Wildman–Crippen LogP) is 3.41. The first kappa shape index (κ1) is 16.9. The van der Waals surface area contributed by atoms with E-state index in [1.807, 2.05) is 0 Å². The predicted molar refractivity (Wildman–Crippen MR) is 78.2 cm³/mol. The number of nitrogens with one attached hydrogen (secondary N) is 1. The van der Waals surface area contributed by atoms with Gasteiger partial charge >= 0.3 is 0 Å². The highest BCUT2D eigenvalue weighted by Gasteiger charge is 2.18. The minimum Gasteiger partial charge on any atom is -0.330 e. The van der Waals surface area contributed by atoms with E-state index in [2.05, 4.69) is 39.9 Å². The van der Waals surface area contributed by atoms with Crippen LogP contribution in [0.15, 0.2) is 0 Å². The van der Waals surface area contributed by atoms with Crippen molar-refractivity contribution in [2.75, 3.05) is 19.6 Å². The maximum absolute atomic E-state index is 5.78. The normalized spacial score (nSPS) is 14.3. The van der Waals surface area contributed by atoms with E-state index in [0.29, 0.717) is 17.3 Å². The summed E-state index contributed by atoms with van der Waals surface area (Å²) in [4.78, 5) is 0. The smallest absolute Gasteiger partial charge is 0.000264 e. The molecule has 104 valence electrons. The average molecular weight is 242 g/mol. The molecule has 0 fully saturated rings. The van der Waals surface area contributed by atoms with Crippen LogP contribution in [0.5, 0.6) is 0 Å². The van der Waals surface area contributed by atoms with Crippen molar-refractivity contribution in [1.82, 2.24) is 5.32 Å². The largest absolute Gasteiger partial charge is 0.330 e. The van der Waals surface area contributed by atoms with Crippen molar-refractivity contribution in [2.45, 2.75) is 60.3 Å². The van der Waals surface area contributed by atoms with E-state index in [4.69, 9.17) is 5.73 Å². The van der Waals surface area contributed by atoms with Crippen LogP contribution in [0.3, 0.4) is 0 Å². The number of unbranched alkanes of at least 4 members (excludes halogenated alkanes) is 2. The fourth-order valence-corrected chi connectivity index (χ4v) is 2.13. The molecule has 1 unspecified atom stereocenters. The molecule has 0 aliphatic rings. The highest BCUT2D eigenvalue weighted by molar-refractivity contribution is 4.74. The zero-order chi connectivity index (χ0) is 13.3. The van der Waals surface area contributed by atoms with E-state index in [1.165, 1.54) is 25.7 Å². The lowest BCUT2D eigenvalue weighted by Crippen LogP contribution is -2.36. The van der Waals surface area contributed by atoms with E-state index in [0.717, 1.165) is 19.6 Å². The van der Waals surface area contributed by atoms with Gasteiger partial charge in [-0.05, 0) is 36.8 Å². The second-order valence-electron chi connectivity index (χ2n) is 6.49. The van der Waals surface area contributed by atoms with Gasteiger partial charge in [-0.3, -0.25) is 0 Å². The summed E-state index contributed by atoms with van der Waals surface area (Å²) in [6, 6.07) is 0. The Morgan fingerprint density at radius 1 is 1.18 bits per heavy atom. The molecule has 2 heteroatoms. The van der Waals surface area contributed by atoms with E-state index >= 15 is 0 Å². The van der Waals surface area contributed by atoms with E-state index in [1.54, 1.807) is 0 Å². The molecule has 0 aromatic heterocycles. The molecule has 0 spiro atoms. The van der Waals surface area contributed by atoms with Gasteiger partial charge in [0.2, 0.25) is 0 Å². The number of hydrogen-bond donors (Lipinski definition) is 2. The van der Waals surface area contributed by atoms with Crippen molar-refractivity contribution >= 4 is 0 Å². The Morgan fingerprint density at radius 2 is 1.82 bits per heavy atom. The zero-order valence-electron chi connectivity index (χ0n) is 12.7. The molecule has 0 aliphatic heterocycles. The van der Waals surface area contributed by atoms with Crippen molar-refractivity contribution in [3.63, 3.8) is 0 Å². The van der Waals surface area contributed by atoms with Gasteiger partial charge in [0.05, 0.1) is 0 Å². The molecule has 0 heterocycles. The summed E-state index contributed by atoms with van der Waals surface area (Å²) in [6.45, 7) is 14.5. The molecular weight excluding hydrogens is 208 g/mol. The van der Waals surface area contributed by atoms with Gasteiger partial charge in [-0.25, -0.2) is 0 Å². The van der Waals surface area contributed by atoms with Gasteiger partial charge in [0.1, 0.15) is 0 Å². The highest BCUT2D eigenvalue weighted by Crippen LogP contribution is 2.22. The van der Waals surface area contributed by atoms with Gasteiger partial charge in [0.15, 0.2) is 0 Å². The second kappa shape index (κ2) is 8.93. The Labute approximate surface area is 109 Å². The van der Waals surface area contributed by atoms with Crippen molar-refractivity contribution in [2.24, 2.45) is 23.0 Å². The van der Waals surface area contributed by atoms with Gasteiger partial charge in [0, 0.05) is 6.54 Å². The van der Waals surface area contributed by atoms with Crippen LogP contribution in [0, 0.1) is 17.3 Å². The average Bonchev–Trinajstić information content (AvgIpc) is 2.24. The molecule has 0 radical (unpaired) electrons. The molecule has 0 amide bonds. The molecule has 0 saturated carbocycles. The highest BCUT2D eigenvalue weighted by atomic mass is 14.9. The summed E-state index contributed by atoms with van der Waals surface area (Å²) < 4.78 is 0. The minimum absolute atomic E-state index is 0.422. The molecule has 0 aliphatic carbocycles. The lowest BCUT2D eigenvalue weighted by molar-refractivity contribution is 0.281. The third kappa shape index (κ3) is 8.62. The molecule has 1 atom stereocenters. The summed E-state index contributed by atoms with van der Waals surface area (Å²) in [5.74, 6) is 1.29. The molecule has 0 saturated heterocycles. The Hall–Kier alpha value is -0.0800. The first-order chi connectivity index (χ1) is 7.93. The lowest BCUT2D eigenvalue weighted by atomic mass is 9.86. The summed E-state index contributed by atoms with van der Waals surface area (Å²) in [7, 11) is 0. The summed E-state index contributed by atoms with van der Waals surface area (Å²) in [5.41, 5.74) is 6.20. The fraction of sp³-hybridized carbons (Fsp3) is 1.00. The van der Waals surface area contributed by atoms with Crippen molar-refractivity contribution < 1.29 is 0 Å². The minimum atomic E-state index is 0.422. The fourth-order valence-electron chi connectivity index (χ4n) is 2.13. The Morgan fingerprint density at radius 3 is 2.29 bits per heavy atom. The standard InChI is InChI=1S/C15H34N2/c1-6-7-8-9-15(4,5)12-17-11-14(10-16)13(2)3/h13-14,17H,6-12,16H2,1-5H3. The van der Waals surface area contributed by atoms with Gasteiger partial charge in [-0.2, -0.15) is 0 Å². The molecule has 17 heavy (non-hydrogen) atoms. The second-order valence-corrected chi connectivity index (χ2v) is 6.49. The third-order valence-electron chi connectivity index (χ3n) is 3.71. The van der Waals surface area contributed by atoms with E-state index in [-0.39, 0.29) is 0 Å². The molecule has 3 N–H and O–H groups in total. The molecular formula is C15H34N2. The van der Waals surface area contributed by atoms with Crippen LogP contribution in [-0.4, -0.2) is 19.6 Å². The quantitative estimate of drug-likeness (QED) is 0.576. The molecule has 0 bridgehead atoms. The first-order valence-electron chi connectivity index (χ1n) is 7.33. The summed E-state index contributed by atoms with van der Waals surface area (Å²) in [5, 5.41) is 3.60. The SMILES string of the molecule is CCCCCC(C)(C)CNCC(CN)C(C)C. The van der Waals surface area contributed by atoms with Crippen LogP contribution >= 0.6 is 0 Å². The van der Waals surface area contributed by atoms with Gasteiger partial charge in [-0.1, -0.05) is 53.9 Å². The molecule has 0 aromatic carbocycles. The topological polar surface area (TPSA) is 38.0 Å². The molecule has 0 aromatic rings. The summed E-state index contributed by atoms with van der Waals surface area (Å²) in [6.07, 6.45) is 5.35. The Kier molecular flexibility index (Phi) is 8.89. The number of nitrogens with two attached hydrogens (primary N) is 1. The van der Waals surface area contributed by atoms with Gasteiger partial charge < -0.3 is 11.1 Å². The third-order valence-corrected chi connectivity index (χ3v) is 3.71. The number of hydrogen-bond acceptors (Lipinski definition) is 2. The van der Waals surface area contributed by atoms with Crippen LogP contribution in [-0.2, 0) is 0 Å². The van der Waals surface area contributed by atoms with E-state index in [9.17, 15) is 0 Å². The maximum Gasteiger partial charge on any atom is 0.000264 e. The Balaban J connectivity index is 3.77. The van der Waals surface area contributed by atoms with Crippen LogP contribution in [0.4, 0.5) is 0 Å². The molecule has 2 nitrogen and oxygen atoms in total. The first-order valence-corrected chi connectivity index (χ1v) is 7.33. The van der Waals surface area contributed by atoms with Crippen molar-refractivity contribution in [3.8, 4) is 0 Å². The Bertz CT molecular complexity index is 176. The lowest BCUT2D eigenvalue weighted by Gasteiger charge is -2.27. The van der Waals surface area contributed by atoms with Crippen molar-refractivity contribution in [3.05, 3.63) is 0 Å². The monoisotopic (exact) mass is 242 g/mol. The molecule has 0 rings (SSSR count). The van der Waals surface area contributed by atoms with Gasteiger partial charge in [0.25, 0.3) is 0 Å². The van der Waals surface area contributed by atoms with Crippen LogP contribution in [0.1, 0.15) is 60.3 Å². The van der Waals surface area contributed by atoms with Crippen LogP contribution in [0.25, 0.3) is 0 Å². The maximum atomic E-state index is 5.78.